The first kappa shape index (κ1) is 19.2. The quantitative estimate of drug-likeness (QED) is 0.729. The molecule has 26 heavy (non-hydrogen) atoms. The predicted molar refractivity (Wildman–Crippen MR) is 105 cm³/mol. The Morgan fingerprint density at radius 3 is 2.08 bits per heavy atom. The molecule has 0 fully saturated rings. The van der Waals surface area contributed by atoms with Crippen LogP contribution in [0.15, 0.2) is 54.6 Å². The Hall–Kier alpha value is -3.08. The summed E-state index contributed by atoms with van der Waals surface area (Å²) in [5, 5.41) is 5.62. The normalized spacial score (nSPS) is 10.8. The molecule has 2 N–H and O–H groups in total. The molecule has 0 heterocycles. The lowest BCUT2D eigenvalue weighted by Gasteiger charge is -2.08. The van der Waals surface area contributed by atoms with Gasteiger partial charge in [-0.25, -0.2) is 0 Å². The molecular weight excluding hydrogens is 328 g/mol. The Bertz CT molecular complexity index is 763. The van der Waals surface area contributed by atoms with E-state index in [-0.39, 0.29) is 11.8 Å². The number of carbonyl (C=O) groups is 2. The van der Waals surface area contributed by atoms with Crippen molar-refractivity contribution in [3.63, 3.8) is 0 Å². The summed E-state index contributed by atoms with van der Waals surface area (Å²) in [6.07, 6.45) is 3.68. The van der Waals surface area contributed by atoms with Gasteiger partial charge in [0.1, 0.15) is 5.75 Å². The van der Waals surface area contributed by atoms with Crippen molar-refractivity contribution >= 4 is 29.3 Å². The molecule has 136 valence electrons. The second-order valence-electron chi connectivity index (χ2n) is 6.32. The smallest absolute Gasteiger partial charge is 0.248 e. The number of nitrogens with one attached hydrogen (secondary N) is 2. The second-order valence-corrected chi connectivity index (χ2v) is 6.32. The van der Waals surface area contributed by atoms with Gasteiger partial charge in [0.2, 0.25) is 11.8 Å². The van der Waals surface area contributed by atoms with Gasteiger partial charge in [-0.2, -0.15) is 0 Å². The van der Waals surface area contributed by atoms with E-state index in [1.807, 2.05) is 38.1 Å². The Morgan fingerprint density at radius 1 is 0.962 bits per heavy atom. The first-order valence-electron chi connectivity index (χ1n) is 8.49. The number of hydrogen-bond acceptors (Lipinski definition) is 3. The SMILES string of the molecule is COc1ccc(/C=C/C(=O)Nc2ccc(NC(=O)CC(C)C)cc2)cc1. The van der Waals surface area contributed by atoms with E-state index in [4.69, 9.17) is 4.74 Å². The fourth-order valence-corrected chi connectivity index (χ4v) is 2.29. The van der Waals surface area contributed by atoms with Crippen LogP contribution in [0.4, 0.5) is 11.4 Å². The lowest BCUT2D eigenvalue weighted by atomic mass is 10.1. The van der Waals surface area contributed by atoms with E-state index < -0.39 is 0 Å². The van der Waals surface area contributed by atoms with Crippen LogP contribution in [0, 0.1) is 5.92 Å². The lowest BCUT2D eigenvalue weighted by molar-refractivity contribution is -0.117. The largest absolute Gasteiger partial charge is 0.497 e. The van der Waals surface area contributed by atoms with Crippen molar-refractivity contribution in [2.75, 3.05) is 17.7 Å². The van der Waals surface area contributed by atoms with Gasteiger partial charge in [0.25, 0.3) is 0 Å². The zero-order valence-electron chi connectivity index (χ0n) is 15.3. The van der Waals surface area contributed by atoms with Crippen molar-refractivity contribution in [1.82, 2.24) is 0 Å². The molecule has 0 aliphatic heterocycles. The lowest BCUT2D eigenvalue weighted by Crippen LogP contribution is -2.14. The summed E-state index contributed by atoms with van der Waals surface area (Å²) in [6.45, 7) is 4.00. The van der Waals surface area contributed by atoms with Gasteiger partial charge in [-0.3, -0.25) is 9.59 Å². The molecule has 0 spiro atoms. The molecule has 2 aromatic rings. The third-order valence-electron chi connectivity index (χ3n) is 3.57. The van der Waals surface area contributed by atoms with E-state index in [1.165, 1.54) is 6.08 Å². The number of anilines is 2. The molecule has 0 saturated heterocycles. The van der Waals surface area contributed by atoms with Crippen LogP contribution in [0.2, 0.25) is 0 Å². The average molecular weight is 352 g/mol. The van der Waals surface area contributed by atoms with Crippen LogP contribution in [0.1, 0.15) is 25.8 Å². The van der Waals surface area contributed by atoms with Gasteiger partial charge >= 0.3 is 0 Å². The van der Waals surface area contributed by atoms with Gasteiger partial charge in [-0.1, -0.05) is 26.0 Å². The Balaban J connectivity index is 1.88. The van der Waals surface area contributed by atoms with Crippen LogP contribution in [-0.4, -0.2) is 18.9 Å². The Kier molecular flexibility index (Phi) is 6.97. The maximum atomic E-state index is 12.0. The minimum absolute atomic E-state index is 0.0146. The highest BCUT2D eigenvalue weighted by Gasteiger charge is 2.05. The molecule has 2 aromatic carbocycles. The Labute approximate surface area is 154 Å². The minimum Gasteiger partial charge on any atom is -0.497 e. The summed E-state index contributed by atoms with van der Waals surface area (Å²) in [7, 11) is 1.61. The van der Waals surface area contributed by atoms with Gasteiger partial charge in [0.05, 0.1) is 7.11 Å². The predicted octanol–water partition coefficient (Wildman–Crippen LogP) is 4.33. The summed E-state index contributed by atoms with van der Waals surface area (Å²) in [5.74, 6) is 0.842. The molecule has 0 radical (unpaired) electrons. The number of hydrogen-bond donors (Lipinski definition) is 2. The van der Waals surface area contributed by atoms with Crippen LogP contribution in [0.5, 0.6) is 5.75 Å². The minimum atomic E-state index is -0.225. The van der Waals surface area contributed by atoms with Gasteiger partial charge < -0.3 is 15.4 Å². The molecule has 2 rings (SSSR count). The van der Waals surface area contributed by atoms with E-state index in [9.17, 15) is 9.59 Å². The molecule has 0 bridgehead atoms. The van der Waals surface area contributed by atoms with Crippen LogP contribution in [0.3, 0.4) is 0 Å². The van der Waals surface area contributed by atoms with Crippen molar-refractivity contribution in [3.8, 4) is 5.75 Å². The first-order valence-corrected chi connectivity index (χ1v) is 8.49. The summed E-state index contributed by atoms with van der Waals surface area (Å²) >= 11 is 0. The molecule has 0 aliphatic rings. The van der Waals surface area contributed by atoms with Crippen LogP contribution >= 0.6 is 0 Å². The van der Waals surface area contributed by atoms with Gasteiger partial charge in [0.15, 0.2) is 0 Å². The summed E-state index contributed by atoms with van der Waals surface area (Å²) in [4.78, 5) is 23.7. The standard InChI is InChI=1S/C21H24N2O3/c1-15(2)14-21(25)23-18-9-7-17(8-10-18)22-20(24)13-6-16-4-11-19(26-3)12-5-16/h4-13,15H,14H2,1-3H3,(H,22,24)(H,23,25)/b13-6+. The zero-order chi connectivity index (χ0) is 18.9. The van der Waals surface area contributed by atoms with E-state index in [2.05, 4.69) is 10.6 Å². The van der Waals surface area contributed by atoms with Crippen molar-refractivity contribution in [3.05, 3.63) is 60.2 Å². The summed E-state index contributed by atoms with van der Waals surface area (Å²) < 4.78 is 5.10. The Morgan fingerprint density at radius 2 is 1.54 bits per heavy atom. The number of amides is 2. The third-order valence-corrected chi connectivity index (χ3v) is 3.57. The van der Waals surface area contributed by atoms with Gasteiger partial charge in [0, 0.05) is 23.9 Å². The molecule has 0 atom stereocenters. The third kappa shape index (κ3) is 6.43. The topological polar surface area (TPSA) is 67.4 Å². The first-order chi connectivity index (χ1) is 12.5. The molecular formula is C21H24N2O3. The van der Waals surface area contributed by atoms with E-state index in [0.29, 0.717) is 23.7 Å². The molecule has 0 aliphatic carbocycles. The van der Waals surface area contributed by atoms with E-state index >= 15 is 0 Å². The fourth-order valence-electron chi connectivity index (χ4n) is 2.29. The van der Waals surface area contributed by atoms with E-state index in [1.54, 1.807) is 37.5 Å². The zero-order valence-corrected chi connectivity index (χ0v) is 15.3. The summed E-state index contributed by atoms with van der Waals surface area (Å²) in [5.41, 5.74) is 2.28. The average Bonchev–Trinajstić information content (AvgIpc) is 2.61. The van der Waals surface area contributed by atoms with Crippen molar-refractivity contribution < 1.29 is 14.3 Å². The van der Waals surface area contributed by atoms with Crippen LogP contribution in [0.25, 0.3) is 6.08 Å². The highest BCUT2D eigenvalue weighted by Crippen LogP contribution is 2.15. The maximum absolute atomic E-state index is 12.0. The molecule has 0 aromatic heterocycles. The number of benzene rings is 2. The highest BCUT2D eigenvalue weighted by atomic mass is 16.5. The molecule has 5 nitrogen and oxygen atoms in total. The molecule has 5 heteroatoms. The number of ether oxygens (including phenoxy) is 1. The van der Waals surface area contributed by atoms with Gasteiger partial charge in [-0.05, 0) is 54.0 Å². The van der Waals surface area contributed by atoms with Crippen molar-refractivity contribution in [1.29, 1.82) is 0 Å². The molecule has 0 unspecified atom stereocenters. The van der Waals surface area contributed by atoms with E-state index in [0.717, 1.165) is 11.3 Å². The monoisotopic (exact) mass is 352 g/mol. The second kappa shape index (κ2) is 9.42. The number of carbonyl (C=O) groups excluding carboxylic acids is 2. The maximum Gasteiger partial charge on any atom is 0.248 e. The summed E-state index contributed by atoms with van der Waals surface area (Å²) in [6, 6.07) is 14.5. The van der Waals surface area contributed by atoms with Crippen LogP contribution < -0.4 is 15.4 Å². The molecule has 2 amide bonds. The highest BCUT2D eigenvalue weighted by molar-refractivity contribution is 6.02. The number of methoxy groups -OCH3 is 1. The number of rotatable bonds is 7. The fraction of sp³-hybridized carbons (Fsp3) is 0.238. The van der Waals surface area contributed by atoms with Crippen molar-refractivity contribution in [2.24, 2.45) is 5.92 Å². The van der Waals surface area contributed by atoms with Crippen molar-refractivity contribution in [2.45, 2.75) is 20.3 Å². The molecule has 0 saturated carbocycles. The van der Waals surface area contributed by atoms with Crippen LogP contribution in [-0.2, 0) is 9.59 Å². The van der Waals surface area contributed by atoms with Gasteiger partial charge in [-0.15, -0.1) is 0 Å².